The highest BCUT2D eigenvalue weighted by Gasteiger charge is 2.27. The van der Waals surface area contributed by atoms with E-state index in [9.17, 15) is 9.59 Å². The van der Waals surface area contributed by atoms with Crippen LogP contribution in [0.3, 0.4) is 0 Å². The average Bonchev–Trinajstić information content (AvgIpc) is 2.46. The van der Waals surface area contributed by atoms with Crippen LogP contribution in [0.5, 0.6) is 0 Å². The number of unbranched alkanes of at least 4 members (excludes halogenated alkanes) is 1. The summed E-state index contributed by atoms with van der Waals surface area (Å²) in [4.78, 5) is 26.6. The molecule has 2 amide bonds. The second-order valence-corrected chi connectivity index (χ2v) is 4.57. The highest BCUT2D eigenvalue weighted by atomic mass is 16.6. The lowest BCUT2D eigenvalue weighted by atomic mass is 10.2. The lowest BCUT2D eigenvalue weighted by molar-refractivity contribution is -0.135. The predicted octanol–water partition coefficient (Wildman–Crippen LogP) is -0.613. The summed E-state index contributed by atoms with van der Waals surface area (Å²) in [7, 11) is 0. The number of hydrogen-bond acceptors (Lipinski definition) is 5. The van der Waals surface area contributed by atoms with Gasteiger partial charge in [-0.3, -0.25) is 4.79 Å². The molecule has 19 heavy (non-hydrogen) atoms. The zero-order valence-electron chi connectivity index (χ0n) is 11.4. The number of rotatable bonds is 5. The van der Waals surface area contributed by atoms with Crippen molar-refractivity contribution in [1.82, 2.24) is 9.80 Å². The van der Waals surface area contributed by atoms with E-state index in [1.807, 2.05) is 6.92 Å². The molecular formula is C12H23N3O4. The maximum absolute atomic E-state index is 11.7. The molecular weight excluding hydrogens is 250 g/mol. The number of carbonyl (C=O) groups excluding carboxylic acids is 2. The normalized spacial score (nSPS) is 17.2. The molecule has 1 rings (SSSR count). The second-order valence-electron chi connectivity index (χ2n) is 4.57. The van der Waals surface area contributed by atoms with E-state index in [1.165, 1.54) is 0 Å². The molecule has 0 aromatic carbocycles. The Hall–Kier alpha value is -1.34. The molecule has 0 unspecified atom stereocenters. The maximum Gasteiger partial charge on any atom is 0.409 e. The number of aliphatic hydroxyl groups excluding tert-OH is 1. The summed E-state index contributed by atoms with van der Waals surface area (Å²) < 4.78 is 5.11. The van der Waals surface area contributed by atoms with Gasteiger partial charge in [-0.05, 0) is 6.42 Å². The first kappa shape index (κ1) is 15.7. The molecule has 0 spiro atoms. The summed E-state index contributed by atoms with van der Waals surface area (Å²) >= 11 is 0. The Bertz CT molecular complexity index is 303. The highest BCUT2D eigenvalue weighted by molar-refractivity contribution is 5.82. The lowest BCUT2D eigenvalue weighted by Crippen LogP contribution is -2.55. The van der Waals surface area contributed by atoms with E-state index in [-0.39, 0.29) is 18.6 Å². The molecule has 1 aliphatic rings. The van der Waals surface area contributed by atoms with Crippen LogP contribution in [0.2, 0.25) is 0 Å². The quantitative estimate of drug-likeness (QED) is 0.651. The summed E-state index contributed by atoms with van der Waals surface area (Å²) in [6.07, 6.45) is 1.51. The van der Waals surface area contributed by atoms with E-state index in [1.54, 1.807) is 9.80 Å². The number of amides is 2. The van der Waals surface area contributed by atoms with E-state index < -0.39 is 6.04 Å². The molecule has 1 aliphatic heterocycles. The van der Waals surface area contributed by atoms with Gasteiger partial charge in [0.1, 0.15) is 6.04 Å². The van der Waals surface area contributed by atoms with Gasteiger partial charge in [-0.1, -0.05) is 13.3 Å². The molecule has 1 heterocycles. The predicted molar refractivity (Wildman–Crippen MR) is 69.5 cm³/mol. The largest absolute Gasteiger partial charge is 0.449 e. The summed E-state index contributed by atoms with van der Waals surface area (Å²) in [6, 6.07) is -0.872. The van der Waals surface area contributed by atoms with Crippen LogP contribution in [0.1, 0.15) is 19.8 Å². The number of carbonyl (C=O) groups is 2. The van der Waals surface area contributed by atoms with Gasteiger partial charge in [-0.25, -0.2) is 4.79 Å². The van der Waals surface area contributed by atoms with Crippen molar-refractivity contribution < 1.29 is 19.4 Å². The fraction of sp³-hybridized carbons (Fsp3) is 0.833. The molecule has 7 heteroatoms. The van der Waals surface area contributed by atoms with Crippen molar-refractivity contribution >= 4 is 12.0 Å². The van der Waals surface area contributed by atoms with Crippen molar-refractivity contribution in [3.63, 3.8) is 0 Å². The van der Waals surface area contributed by atoms with Crippen molar-refractivity contribution in [3.8, 4) is 0 Å². The van der Waals surface area contributed by atoms with Crippen LogP contribution in [0.4, 0.5) is 4.79 Å². The molecule has 0 saturated carbocycles. The SMILES string of the molecule is CCCCOC(=O)N1CCN(C(=O)[C@@H](N)CO)CC1. The topological polar surface area (TPSA) is 96.1 Å². The van der Waals surface area contributed by atoms with Crippen molar-refractivity contribution in [2.24, 2.45) is 5.73 Å². The molecule has 0 radical (unpaired) electrons. The van der Waals surface area contributed by atoms with E-state index in [0.29, 0.717) is 32.8 Å². The van der Waals surface area contributed by atoms with E-state index in [4.69, 9.17) is 15.6 Å². The second kappa shape index (κ2) is 7.96. The highest BCUT2D eigenvalue weighted by Crippen LogP contribution is 2.05. The van der Waals surface area contributed by atoms with Crippen LogP contribution in [0, 0.1) is 0 Å². The molecule has 7 nitrogen and oxygen atoms in total. The van der Waals surface area contributed by atoms with Gasteiger partial charge in [0.15, 0.2) is 0 Å². The van der Waals surface area contributed by atoms with Crippen LogP contribution >= 0.6 is 0 Å². The first-order valence-electron chi connectivity index (χ1n) is 6.67. The summed E-state index contributed by atoms with van der Waals surface area (Å²) in [5, 5.41) is 8.84. The standard InChI is InChI=1S/C12H23N3O4/c1-2-3-8-19-12(18)15-6-4-14(5-7-15)11(17)10(13)9-16/h10,16H,2-9,13H2,1H3/t10-/m0/s1. The third kappa shape index (κ3) is 4.68. The minimum absolute atomic E-state index is 0.276. The van der Waals surface area contributed by atoms with Gasteiger partial charge in [0.2, 0.25) is 5.91 Å². The summed E-state index contributed by atoms with van der Waals surface area (Å²) in [5.41, 5.74) is 5.48. The average molecular weight is 273 g/mol. The monoisotopic (exact) mass is 273 g/mol. The molecule has 0 aromatic rings. The molecule has 0 bridgehead atoms. The first-order valence-corrected chi connectivity index (χ1v) is 6.67. The van der Waals surface area contributed by atoms with E-state index in [2.05, 4.69) is 0 Å². The first-order chi connectivity index (χ1) is 9.10. The van der Waals surface area contributed by atoms with Crippen molar-refractivity contribution in [2.75, 3.05) is 39.4 Å². The molecule has 0 aliphatic carbocycles. The number of aliphatic hydroxyl groups is 1. The maximum atomic E-state index is 11.7. The Morgan fingerprint density at radius 1 is 1.26 bits per heavy atom. The smallest absolute Gasteiger partial charge is 0.409 e. The van der Waals surface area contributed by atoms with Gasteiger partial charge < -0.3 is 25.4 Å². The molecule has 110 valence electrons. The Morgan fingerprint density at radius 2 is 1.84 bits per heavy atom. The van der Waals surface area contributed by atoms with Gasteiger partial charge in [-0.15, -0.1) is 0 Å². The molecule has 1 fully saturated rings. The zero-order valence-corrected chi connectivity index (χ0v) is 11.4. The van der Waals surface area contributed by atoms with Crippen LogP contribution < -0.4 is 5.73 Å². The van der Waals surface area contributed by atoms with Crippen LogP contribution in [-0.2, 0) is 9.53 Å². The molecule has 0 aromatic heterocycles. The van der Waals surface area contributed by atoms with E-state index >= 15 is 0 Å². The summed E-state index contributed by atoms with van der Waals surface area (Å²) in [6.45, 7) is 3.83. The van der Waals surface area contributed by atoms with Crippen LogP contribution in [-0.4, -0.2) is 72.3 Å². The summed E-state index contributed by atoms with van der Waals surface area (Å²) in [5.74, 6) is -0.276. The Balaban J connectivity index is 2.32. The Labute approximate surface area is 113 Å². The van der Waals surface area contributed by atoms with Gasteiger partial charge in [0.25, 0.3) is 0 Å². The van der Waals surface area contributed by atoms with Crippen LogP contribution in [0.25, 0.3) is 0 Å². The Kier molecular flexibility index (Phi) is 6.58. The van der Waals surface area contributed by atoms with E-state index in [0.717, 1.165) is 12.8 Å². The van der Waals surface area contributed by atoms with Gasteiger partial charge >= 0.3 is 6.09 Å². The molecule has 3 N–H and O–H groups in total. The van der Waals surface area contributed by atoms with Gasteiger partial charge in [0, 0.05) is 26.2 Å². The van der Waals surface area contributed by atoms with Gasteiger partial charge in [0.05, 0.1) is 13.2 Å². The number of piperazine rings is 1. The molecule has 1 saturated heterocycles. The number of ether oxygens (including phenoxy) is 1. The van der Waals surface area contributed by atoms with Crippen molar-refractivity contribution in [2.45, 2.75) is 25.8 Å². The third-order valence-corrected chi connectivity index (χ3v) is 3.09. The Morgan fingerprint density at radius 3 is 2.37 bits per heavy atom. The number of nitrogens with zero attached hydrogens (tertiary/aromatic N) is 2. The minimum Gasteiger partial charge on any atom is -0.449 e. The van der Waals surface area contributed by atoms with Crippen LogP contribution in [0.15, 0.2) is 0 Å². The van der Waals surface area contributed by atoms with Crippen molar-refractivity contribution in [1.29, 1.82) is 0 Å². The van der Waals surface area contributed by atoms with Gasteiger partial charge in [-0.2, -0.15) is 0 Å². The number of hydrogen-bond donors (Lipinski definition) is 2. The minimum atomic E-state index is -0.872. The zero-order chi connectivity index (χ0) is 14.3. The number of nitrogens with two attached hydrogens (primary N) is 1. The molecule has 1 atom stereocenters. The van der Waals surface area contributed by atoms with Crippen molar-refractivity contribution in [3.05, 3.63) is 0 Å². The fourth-order valence-electron chi connectivity index (χ4n) is 1.82. The lowest BCUT2D eigenvalue weighted by Gasteiger charge is -2.35. The fourth-order valence-corrected chi connectivity index (χ4v) is 1.82. The third-order valence-electron chi connectivity index (χ3n) is 3.09.